The molecule has 4 rings (SSSR count). The summed E-state index contributed by atoms with van der Waals surface area (Å²) in [6.07, 6.45) is 0. The largest absolute Gasteiger partial charge is 0.796 e. The van der Waals surface area contributed by atoms with Gasteiger partial charge >= 0.3 is 7.47 Å². The van der Waals surface area contributed by atoms with Crippen LogP contribution in [0, 0.1) is 11.8 Å². The Hall–Kier alpha value is -3.79. The zero-order valence-corrected chi connectivity index (χ0v) is 16.4. The predicted octanol–water partition coefficient (Wildman–Crippen LogP) is 5.26. The Bertz CT molecular complexity index is 1210. The van der Waals surface area contributed by atoms with Crippen molar-refractivity contribution in [2.24, 2.45) is 0 Å². The van der Waals surface area contributed by atoms with Gasteiger partial charge in [-0.15, -0.1) is 0 Å². The van der Waals surface area contributed by atoms with E-state index in [9.17, 15) is 8.63 Å². The van der Waals surface area contributed by atoms with Gasteiger partial charge in [-0.25, -0.2) is 13.6 Å². The fraction of sp³-hybridized carbons (Fsp3) is 0.0870. The van der Waals surface area contributed by atoms with Crippen LogP contribution in [0.15, 0.2) is 71.1 Å². The zero-order valence-electron chi connectivity index (χ0n) is 16.4. The Kier molecular flexibility index (Phi) is 5.40. The molecule has 0 atom stereocenters. The second-order valence-electron chi connectivity index (χ2n) is 6.77. The van der Waals surface area contributed by atoms with Crippen LogP contribution in [0.5, 0.6) is 5.75 Å². The monoisotopic (exact) mass is 402 g/mol. The minimum Gasteiger partial charge on any atom is -0.505 e. The minimum atomic E-state index is -2.96. The number of para-hydroxylation sites is 2. The highest BCUT2D eigenvalue weighted by Crippen LogP contribution is 2.33. The van der Waals surface area contributed by atoms with Crippen molar-refractivity contribution in [3.63, 3.8) is 0 Å². The highest BCUT2D eigenvalue weighted by Gasteiger charge is 2.22. The number of oxazole rings is 1. The molecular formula is C23H17BF2N2O2. The van der Waals surface area contributed by atoms with Gasteiger partial charge in [0.05, 0.1) is 5.56 Å². The van der Waals surface area contributed by atoms with Crippen LogP contribution in [-0.2, 0) is 0 Å². The summed E-state index contributed by atoms with van der Waals surface area (Å²) in [5, 5.41) is 0. The van der Waals surface area contributed by atoms with E-state index < -0.39 is 7.47 Å². The summed E-state index contributed by atoms with van der Waals surface area (Å²) >= 11 is 0. The summed E-state index contributed by atoms with van der Waals surface area (Å²) in [5.41, 5.74) is 4.07. The lowest BCUT2D eigenvalue weighted by Gasteiger charge is -2.11. The molecule has 30 heavy (non-hydrogen) atoms. The van der Waals surface area contributed by atoms with E-state index in [-0.39, 0.29) is 11.6 Å². The Morgan fingerprint density at radius 2 is 1.63 bits per heavy atom. The van der Waals surface area contributed by atoms with Crippen LogP contribution in [0.25, 0.3) is 22.6 Å². The summed E-state index contributed by atoms with van der Waals surface area (Å²) in [5.74, 6) is 6.33. The van der Waals surface area contributed by atoms with E-state index in [4.69, 9.17) is 4.42 Å². The molecule has 0 aliphatic carbocycles. The number of nitrogens with zero attached hydrogens (tertiary/aromatic N) is 2. The standard InChI is InChI=1S/C23H17BF2N2O2/c1-28(2)18-12-9-16(10-13-18)7-8-17-11-14-21(30-24(25)26)19(15-17)23-27-20-5-3-4-6-22(20)29-23/h3-6,9-15H,1-2H3. The number of benzene rings is 3. The number of halogens is 2. The van der Waals surface area contributed by atoms with Gasteiger partial charge in [0.2, 0.25) is 5.89 Å². The summed E-state index contributed by atoms with van der Waals surface area (Å²) in [7, 11) is 0.981. The SMILES string of the molecule is CN(C)c1ccc(C#Cc2ccc(OB(F)F)c(-c3nc4ccccc4o3)c2)cc1. The Balaban J connectivity index is 1.71. The molecule has 0 radical (unpaired) electrons. The second-order valence-corrected chi connectivity index (χ2v) is 6.77. The molecule has 1 aromatic heterocycles. The molecule has 0 aliphatic rings. The number of rotatable bonds is 4. The second kappa shape index (κ2) is 8.30. The number of hydrogen-bond acceptors (Lipinski definition) is 4. The summed E-state index contributed by atoms with van der Waals surface area (Å²) in [6.45, 7) is 0. The normalized spacial score (nSPS) is 10.4. The lowest BCUT2D eigenvalue weighted by molar-refractivity contribution is 0.426. The van der Waals surface area contributed by atoms with Crippen molar-refractivity contribution >= 4 is 24.3 Å². The minimum absolute atomic E-state index is 0.0163. The highest BCUT2D eigenvalue weighted by atomic mass is 19.2. The molecule has 0 saturated heterocycles. The first-order valence-electron chi connectivity index (χ1n) is 9.24. The van der Waals surface area contributed by atoms with Gasteiger partial charge in [-0.2, -0.15) is 0 Å². The van der Waals surface area contributed by atoms with Gasteiger partial charge in [0.15, 0.2) is 5.58 Å². The average Bonchev–Trinajstić information content (AvgIpc) is 3.17. The van der Waals surface area contributed by atoms with Crippen LogP contribution in [-0.4, -0.2) is 26.5 Å². The lowest BCUT2D eigenvalue weighted by atomic mass is 10.1. The van der Waals surface area contributed by atoms with Crippen molar-refractivity contribution in [1.29, 1.82) is 0 Å². The Morgan fingerprint density at radius 3 is 2.33 bits per heavy atom. The van der Waals surface area contributed by atoms with E-state index >= 15 is 0 Å². The van der Waals surface area contributed by atoms with Gasteiger partial charge < -0.3 is 14.0 Å². The van der Waals surface area contributed by atoms with Crippen LogP contribution in [0.4, 0.5) is 14.3 Å². The summed E-state index contributed by atoms with van der Waals surface area (Å²) in [6, 6.07) is 19.7. The molecule has 4 aromatic rings. The molecule has 0 N–H and O–H groups in total. The third-order valence-corrected chi connectivity index (χ3v) is 4.45. The Morgan fingerprint density at radius 1 is 0.933 bits per heavy atom. The van der Waals surface area contributed by atoms with Crippen LogP contribution >= 0.6 is 0 Å². The summed E-state index contributed by atoms with van der Waals surface area (Å²) < 4.78 is 36.2. The van der Waals surface area contributed by atoms with Crippen LogP contribution < -0.4 is 9.55 Å². The van der Waals surface area contributed by atoms with Crippen molar-refractivity contribution in [2.45, 2.75) is 0 Å². The molecule has 1 heterocycles. The molecular weight excluding hydrogens is 385 g/mol. The van der Waals surface area contributed by atoms with Gasteiger partial charge in [0.25, 0.3) is 0 Å². The van der Waals surface area contributed by atoms with Gasteiger partial charge in [-0.1, -0.05) is 24.0 Å². The quantitative estimate of drug-likeness (QED) is 0.345. The van der Waals surface area contributed by atoms with Gasteiger partial charge in [-0.05, 0) is 54.6 Å². The van der Waals surface area contributed by atoms with E-state index in [1.54, 1.807) is 24.3 Å². The van der Waals surface area contributed by atoms with Crippen molar-refractivity contribution in [3.8, 4) is 29.0 Å². The molecule has 148 valence electrons. The first-order chi connectivity index (χ1) is 14.5. The smallest absolute Gasteiger partial charge is 0.505 e. The molecule has 0 fully saturated rings. The molecule has 4 nitrogen and oxygen atoms in total. The van der Waals surface area contributed by atoms with Crippen molar-refractivity contribution < 1.29 is 17.7 Å². The van der Waals surface area contributed by atoms with Crippen LogP contribution in [0.2, 0.25) is 0 Å². The fourth-order valence-corrected chi connectivity index (χ4v) is 2.95. The maximum Gasteiger partial charge on any atom is 0.796 e. The summed E-state index contributed by atoms with van der Waals surface area (Å²) in [4.78, 5) is 6.40. The highest BCUT2D eigenvalue weighted by molar-refractivity contribution is 6.35. The third kappa shape index (κ3) is 4.28. The van der Waals surface area contributed by atoms with Crippen LogP contribution in [0.3, 0.4) is 0 Å². The number of anilines is 1. The first kappa shape index (κ1) is 19.5. The number of aromatic nitrogens is 1. The van der Waals surface area contributed by atoms with E-state index in [0.29, 0.717) is 22.2 Å². The van der Waals surface area contributed by atoms with E-state index in [1.165, 1.54) is 6.07 Å². The number of hydrogen-bond donors (Lipinski definition) is 0. The molecule has 0 bridgehead atoms. The van der Waals surface area contributed by atoms with Crippen molar-refractivity contribution in [3.05, 3.63) is 77.9 Å². The zero-order chi connectivity index (χ0) is 21.1. The van der Waals surface area contributed by atoms with E-state index in [1.807, 2.05) is 55.4 Å². The molecule has 0 amide bonds. The van der Waals surface area contributed by atoms with E-state index in [2.05, 4.69) is 21.5 Å². The molecule has 7 heteroatoms. The molecule has 0 unspecified atom stereocenters. The number of fused-ring (bicyclic) bond motifs is 1. The Labute approximate surface area is 173 Å². The first-order valence-corrected chi connectivity index (χ1v) is 9.24. The van der Waals surface area contributed by atoms with Gasteiger partial charge in [-0.3, -0.25) is 0 Å². The van der Waals surface area contributed by atoms with E-state index in [0.717, 1.165) is 11.3 Å². The third-order valence-electron chi connectivity index (χ3n) is 4.45. The molecule has 3 aromatic carbocycles. The average molecular weight is 402 g/mol. The van der Waals surface area contributed by atoms with Gasteiger partial charge in [0, 0.05) is 30.9 Å². The molecule has 0 spiro atoms. The molecule has 0 saturated carbocycles. The maximum atomic E-state index is 12.9. The van der Waals surface area contributed by atoms with Crippen LogP contribution in [0.1, 0.15) is 11.1 Å². The fourth-order valence-electron chi connectivity index (χ4n) is 2.95. The van der Waals surface area contributed by atoms with Gasteiger partial charge in [0.1, 0.15) is 11.3 Å². The molecule has 0 aliphatic heterocycles. The van der Waals surface area contributed by atoms with Crippen molar-refractivity contribution in [1.82, 2.24) is 4.98 Å². The predicted molar refractivity (Wildman–Crippen MR) is 115 cm³/mol. The topological polar surface area (TPSA) is 38.5 Å². The maximum absolute atomic E-state index is 12.9. The lowest BCUT2D eigenvalue weighted by Crippen LogP contribution is -2.09. The van der Waals surface area contributed by atoms with Crippen molar-refractivity contribution in [2.75, 3.05) is 19.0 Å².